The topological polar surface area (TPSA) is 101 Å². The highest BCUT2D eigenvalue weighted by Crippen LogP contribution is 2.23. The van der Waals surface area contributed by atoms with Crippen molar-refractivity contribution >= 4 is 34.6 Å². The molecule has 0 saturated heterocycles. The lowest BCUT2D eigenvalue weighted by molar-refractivity contribution is -0.121. The Labute approximate surface area is 219 Å². The molecule has 4 aromatic rings. The summed E-state index contributed by atoms with van der Waals surface area (Å²) in [6, 6.07) is 33.2. The Hall–Kier alpha value is -5.24. The summed E-state index contributed by atoms with van der Waals surface area (Å²) >= 11 is 0. The van der Waals surface area contributed by atoms with Gasteiger partial charge in [-0.25, -0.2) is 0 Å². The average molecular weight is 505 g/mol. The highest BCUT2D eigenvalue weighted by Gasteiger charge is 2.18. The van der Waals surface area contributed by atoms with E-state index in [9.17, 15) is 9.59 Å². The van der Waals surface area contributed by atoms with Crippen LogP contribution in [0.3, 0.4) is 0 Å². The molecule has 8 heteroatoms. The van der Waals surface area contributed by atoms with Gasteiger partial charge in [0.15, 0.2) is 13.2 Å². The van der Waals surface area contributed by atoms with E-state index in [1.54, 1.807) is 24.3 Å². The molecule has 1 heterocycles. The minimum Gasteiger partial charge on any atom is -0.385 e. The van der Waals surface area contributed by atoms with Crippen molar-refractivity contribution < 1.29 is 19.3 Å². The molecule has 0 bridgehead atoms. The first-order chi connectivity index (χ1) is 18.7. The molecule has 4 aromatic carbocycles. The maximum Gasteiger partial charge on any atom is 0.265 e. The molecule has 38 heavy (non-hydrogen) atoms. The monoisotopic (exact) mass is 504 g/mol. The predicted octanol–water partition coefficient (Wildman–Crippen LogP) is 4.82. The number of hydrogen-bond donors (Lipinski definition) is 2. The van der Waals surface area contributed by atoms with Crippen LogP contribution in [0.1, 0.15) is 22.3 Å². The average Bonchev–Trinajstić information content (AvgIpc) is 2.95. The number of amides is 2. The van der Waals surface area contributed by atoms with Gasteiger partial charge in [0.05, 0.1) is 11.4 Å². The fraction of sp³-hybridized carbons (Fsp3) is 0.0667. The third-order valence-electron chi connectivity index (χ3n) is 5.71. The van der Waals surface area contributed by atoms with Crippen molar-refractivity contribution in [3.05, 3.63) is 131 Å². The van der Waals surface area contributed by atoms with Gasteiger partial charge in [-0.2, -0.15) is 0 Å². The van der Waals surface area contributed by atoms with Crippen LogP contribution in [-0.2, 0) is 19.3 Å². The van der Waals surface area contributed by atoms with E-state index in [1.807, 2.05) is 84.9 Å². The van der Waals surface area contributed by atoms with Crippen molar-refractivity contribution in [1.82, 2.24) is 0 Å². The summed E-state index contributed by atoms with van der Waals surface area (Å²) in [7, 11) is 0. The van der Waals surface area contributed by atoms with E-state index in [-0.39, 0.29) is 13.2 Å². The summed E-state index contributed by atoms with van der Waals surface area (Å²) in [5.41, 5.74) is 4.72. The highest BCUT2D eigenvalue weighted by molar-refractivity contribution is 6.18. The number of oxime groups is 2. The van der Waals surface area contributed by atoms with Gasteiger partial charge in [0, 0.05) is 22.3 Å². The van der Waals surface area contributed by atoms with Gasteiger partial charge in [0.2, 0.25) is 0 Å². The van der Waals surface area contributed by atoms with Crippen LogP contribution in [-0.4, -0.2) is 36.5 Å². The van der Waals surface area contributed by atoms with Crippen molar-refractivity contribution in [2.24, 2.45) is 10.3 Å². The number of rotatable bonds is 2. The smallest absolute Gasteiger partial charge is 0.265 e. The third kappa shape index (κ3) is 5.76. The lowest BCUT2D eigenvalue weighted by Crippen LogP contribution is -2.22. The van der Waals surface area contributed by atoms with Crippen molar-refractivity contribution in [2.45, 2.75) is 0 Å². The Morgan fingerprint density at radius 2 is 0.868 bits per heavy atom. The Morgan fingerprint density at radius 1 is 0.500 bits per heavy atom. The summed E-state index contributed by atoms with van der Waals surface area (Å²) in [6.07, 6.45) is 0. The molecule has 0 saturated carbocycles. The van der Waals surface area contributed by atoms with Crippen molar-refractivity contribution in [1.29, 1.82) is 0 Å². The molecular weight excluding hydrogens is 480 g/mol. The number of fused-ring (bicyclic) bond motifs is 2. The van der Waals surface area contributed by atoms with Gasteiger partial charge in [-0.3, -0.25) is 9.59 Å². The van der Waals surface area contributed by atoms with Gasteiger partial charge in [0.25, 0.3) is 11.8 Å². The molecule has 2 N–H and O–H groups in total. The molecule has 0 aromatic heterocycles. The van der Waals surface area contributed by atoms with Crippen LogP contribution in [0.25, 0.3) is 0 Å². The van der Waals surface area contributed by atoms with Gasteiger partial charge < -0.3 is 20.3 Å². The maximum absolute atomic E-state index is 12.9. The minimum absolute atomic E-state index is 0.326. The van der Waals surface area contributed by atoms with E-state index < -0.39 is 11.8 Å². The molecule has 1 aliphatic rings. The molecule has 188 valence electrons. The largest absolute Gasteiger partial charge is 0.385 e. The SMILES string of the molecule is O=C1CO/N=C(/c2ccccc2)c2ccccc2NC(=O)CO/N=C(/c2ccccc2)c2ccccc2N1. The number of carbonyl (C=O) groups is 2. The fourth-order valence-corrected chi connectivity index (χ4v) is 3.99. The van der Waals surface area contributed by atoms with Crippen molar-refractivity contribution in [3.8, 4) is 0 Å². The second-order valence-electron chi connectivity index (χ2n) is 8.35. The number of nitrogens with zero attached hydrogens (tertiary/aromatic N) is 2. The standard InChI is InChI=1S/C30H24N4O4/c35-27-19-37-33-29(21-11-3-1-4-12-21)23-15-7-9-17-25(23)31-28(36)20-38-34-30(22-13-5-2-6-14-22)24-16-8-10-18-26(24)32-27/h1-18H,19-20H2,(H,31,36)(H,32,35)/b33-29-,34-30-. The molecule has 1 aliphatic heterocycles. The molecular formula is C30H24N4O4. The normalized spacial score (nSPS) is 17.1. The zero-order valence-corrected chi connectivity index (χ0v) is 20.3. The van der Waals surface area contributed by atoms with Gasteiger partial charge in [0.1, 0.15) is 11.4 Å². The molecule has 0 fully saturated rings. The Bertz CT molecular complexity index is 1390. The summed E-state index contributed by atoms with van der Waals surface area (Å²) in [5.74, 6) is -0.786. The number of hydrogen-bond acceptors (Lipinski definition) is 6. The number of carbonyl (C=O) groups excluding carboxylic acids is 2. The van der Waals surface area contributed by atoms with Gasteiger partial charge in [-0.15, -0.1) is 0 Å². The summed E-state index contributed by atoms with van der Waals surface area (Å²) < 4.78 is 0. The maximum atomic E-state index is 12.9. The van der Waals surface area contributed by atoms with Crippen LogP contribution >= 0.6 is 0 Å². The van der Waals surface area contributed by atoms with Gasteiger partial charge >= 0.3 is 0 Å². The van der Waals surface area contributed by atoms with Crippen LogP contribution in [0.15, 0.2) is 120 Å². The van der Waals surface area contributed by atoms with E-state index in [0.717, 1.165) is 11.1 Å². The van der Waals surface area contributed by atoms with Crippen molar-refractivity contribution in [2.75, 3.05) is 23.8 Å². The van der Waals surface area contributed by atoms with E-state index in [0.29, 0.717) is 33.9 Å². The molecule has 2 amide bonds. The fourth-order valence-electron chi connectivity index (χ4n) is 3.99. The van der Waals surface area contributed by atoms with E-state index >= 15 is 0 Å². The second kappa shape index (κ2) is 11.7. The Balaban J connectivity index is 1.55. The first kappa shape index (κ1) is 24.5. The van der Waals surface area contributed by atoms with Crippen molar-refractivity contribution in [3.63, 3.8) is 0 Å². The summed E-state index contributed by atoms with van der Waals surface area (Å²) in [5, 5.41) is 14.4. The van der Waals surface area contributed by atoms with Crippen LogP contribution in [0.2, 0.25) is 0 Å². The molecule has 8 nitrogen and oxygen atoms in total. The quantitative estimate of drug-likeness (QED) is 0.409. The minimum atomic E-state index is -0.393. The molecule has 5 rings (SSSR count). The van der Waals surface area contributed by atoms with Gasteiger partial charge in [-0.1, -0.05) is 107 Å². The molecule has 0 atom stereocenters. The lowest BCUT2D eigenvalue weighted by Gasteiger charge is -2.15. The molecule has 0 aliphatic carbocycles. The summed E-state index contributed by atoms with van der Waals surface area (Å²) in [4.78, 5) is 36.8. The molecule has 0 unspecified atom stereocenters. The van der Waals surface area contributed by atoms with Crippen LogP contribution in [0.4, 0.5) is 11.4 Å². The number of nitrogens with one attached hydrogen (secondary N) is 2. The number of para-hydroxylation sites is 2. The lowest BCUT2D eigenvalue weighted by atomic mass is 10.0. The van der Waals surface area contributed by atoms with Crippen LogP contribution < -0.4 is 10.6 Å². The molecule has 0 spiro atoms. The predicted molar refractivity (Wildman–Crippen MR) is 146 cm³/mol. The first-order valence-electron chi connectivity index (χ1n) is 12.0. The van der Waals surface area contributed by atoms with E-state index in [1.165, 1.54) is 0 Å². The van der Waals surface area contributed by atoms with E-state index in [2.05, 4.69) is 20.9 Å². The third-order valence-corrected chi connectivity index (χ3v) is 5.71. The van der Waals surface area contributed by atoms with Gasteiger partial charge in [-0.05, 0) is 12.1 Å². The Kier molecular flexibility index (Phi) is 7.51. The van der Waals surface area contributed by atoms with Crippen LogP contribution in [0, 0.1) is 0 Å². The number of anilines is 2. The second-order valence-corrected chi connectivity index (χ2v) is 8.35. The summed E-state index contributed by atoms with van der Waals surface area (Å²) in [6.45, 7) is -0.652. The van der Waals surface area contributed by atoms with Crippen LogP contribution in [0.5, 0.6) is 0 Å². The number of benzene rings is 4. The zero-order valence-electron chi connectivity index (χ0n) is 20.3. The Morgan fingerprint density at radius 3 is 1.29 bits per heavy atom. The first-order valence-corrected chi connectivity index (χ1v) is 12.0. The molecule has 0 radical (unpaired) electrons. The highest BCUT2D eigenvalue weighted by atomic mass is 16.6. The zero-order chi connectivity index (χ0) is 26.2. The van der Waals surface area contributed by atoms with E-state index in [4.69, 9.17) is 9.68 Å².